The molecule has 1 aliphatic carbocycles. The van der Waals surface area contributed by atoms with Gasteiger partial charge in [0, 0.05) is 23.4 Å². The molecule has 1 N–H and O–H groups in total. The predicted octanol–water partition coefficient (Wildman–Crippen LogP) is 2.98. The van der Waals surface area contributed by atoms with Crippen molar-refractivity contribution in [3.8, 4) is 0 Å². The van der Waals surface area contributed by atoms with Gasteiger partial charge in [-0.2, -0.15) is 0 Å². The van der Waals surface area contributed by atoms with Crippen LogP contribution in [0.2, 0.25) is 5.02 Å². The number of hydrogen-bond acceptors (Lipinski definition) is 3. The van der Waals surface area contributed by atoms with Gasteiger partial charge in [-0.25, -0.2) is 4.39 Å². The van der Waals surface area contributed by atoms with E-state index < -0.39 is 11.4 Å². The molecule has 104 valence electrons. The van der Waals surface area contributed by atoms with Gasteiger partial charge < -0.3 is 14.6 Å². The molecular formula is C14H16ClFO3. The van der Waals surface area contributed by atoms with Crippen molar-refractivity contribution < 1.29 is 19.0 Å². The third kappa shape index (κ3) is 2.38. The molecule has 2 aliphatic rings. The van der Waals surface area contributed by atoms with E-state index in [1.165, 1.54) is 18.2 Å². The lowest BCUT2D eigenvalue weighted by Crippen LogP contribution is -2.42. The molecule has 3 rings (SSSR count). The lowest BCUT2D eigenvalue weighted by Gasteiger charge is -2.41. The van der Waals surface area contributed by atoms with Crippen molar-refractivity contribution in [2.75, 3.05) is 13.2 Å². The second-order valence-corrected chi connectivity index (χ2v) is 5.67. The maximum absolute atomic E-state index is 13.3. The van der Waals surface area contributed by atoms with Gasteiger partial charge in [-0.1, -0.05) is 11.6 Å². The van der Waals surface area contributed by atoms with Crippen molar-refractivity contribution in [2.45, 2.75) is 37.1 Å². The molecule has 0 unspecified atom stereocenters. The first-order valence-corrected chi connectivity index (χ1v) is 6.87. The minimum atomic E-state index is -1.10. The van der Waals surface area contributed by atoms with Gasteiger partial charge in [0.05, 0.1) is 18.8 Å². The van der Waals surface area contributed by atoms with E-state index in [-0.39, 0.29) is 5.82 Å². The lowest BCUT2D eigenvalue weighted by molar-refractivity contribution is -0.204. The average molecular weight is 287 g/mol. The summed E-state index contributed by atoms with van der Waals surface area (Å²) in [6.07, 6.45) is 2.10. The number of ether oxygens (including phenoxy) is 2. The Morgan fingerprint density at radius 1 is 1.11 bits per heavy atom. The molecule has 1 aliphatic heterocycles. The Morgan fingerprint density at radius 2 is 1.74 bits per heavy atom. The topological polar surface area (TPSA) is 38.7 Å². The monoisotopic (exact) mass is 286 g/mol. The quantitative estimate of drug-likeness (QED) is 0.862. The first-order chi connectivity index (χ1) is 9.03. The van der Waals surface area contributed by atoms with Gasteiger partial charge in [-0.15, -0.1) is 0 Å². The molecule has 0 amide bonds. The molecule has 5 heteroatoms. The highest BCUT2D eigenvalue weighted by molar-refractivity contribution is 6.31. The SMILES string of the molecule is OC1(c2cc(F)ccc2Cl)CCC2(CC1)OCCO2. The number of benzene rings is 1. The molecule has 1 spiro atoms. The normalized spacial score (nSPS) is 24.8. The van der Waals surface area contributed by atoms with Crippen molar-refractivity contribution in [1.82, 2.24) is 0 Å². The molecule has 1 saturated carbocycles. The van der Waals surface area contributed by atoms with Gasteiger partial charge in [-0.3, -0.25) is 0 Å². The predicted molar refractivity (Wildman–Crippen MR) is 68.4 cm³/mol. The van der Waals surface area contributed by atoms with E-state index >= 15 is 0 Å². The summed E-state index contributed by atoms with van der Waals surface area (Å²) in [5, 5.41) is 11.1. The molecule has 0 aromatic heterocycles. The van der Waals surface area contributed by atoms with Crippen molar-refractivity contribution >= 4 is 11.6 Å². The number of hydrogen-bond donors (Lipinski definition) is 1. The molecule has 19 heavy (non-hydrogen) atoms. The Kier molecular flexibility index (Phi) is 3.29. The van der Waals surface area contributed by atoms with Crippen LogP contribution < -0.4 is 0 Å². The smallest absolute Gasteiger partial charge is 0.168 e. The summed E-state index contributed by atoms with van der Waals surface area (Å²) in [5.74, 6) is -0.937. The van der Waals surface area contributed by atoms with E-state index in [1.54, 1.807) is 0 Å². The Morgan fingerprint density at radius 3 is 2.37 bits per heavy atom. The van der Waals surface area contributed by atoms with Gasteiger partial charge in [-0.05, 0) is 31.0 Å². The minimum absolute atomic E-state index is 0.388. The largest absolute Gasteiger partial charge is 0.385 e. The summed E-state index contributed by atoms with van der Waals surface area (Å²) in [5.41, 5.74) is -0.637. The third-order valence-electron chi connectivity index (χ3n) is 4.08. The highest BCUT2D eigenvalue weighted by atomic mass is 35.5. The Bertz CT molecular complexity index is 476. The molecule has 0 radical (unpaired) electrons. The highest BCUT2D eigenvalue weighted by Gasteiger charge is 2.46. The molecular weight excluding hydrogens is 271 g/mol. The number of halogens is 2. The van der Waals surface area contributed by atoms with E-state index in [0.29, 0.717) is 49.5 Å². The first-order valence-electron chi connectivity index (χ1n) is 6.49. The van der Waals surface area contributed by atoms with Crippen LogP contribution in [-0.4, -0.2) is 24.1 Å². The maximum Gasteiger partial charge on any atom is 0.168 e. The first kappa shape index (κ1) is 13.3. The van der Waals surface area contributed by atoms with E-state index in [9.17, 15) is 9.50 Å². The fraction of sp³-hybridized carbons (Fsp3) is 0.571. The van der Waals surface area contributed by atoms with Crippen molar-refractivity contribution in [3.05, 3.63) is 34.6 Å². The van der Waals surface area contributed by atoms with Crippen LogP contribution in [0.1, 0.15) is 31.2 Å². The minimum Gasteiger partial charge on any atom is -0.385 e. The molecule has 1 aromatic carbocycles. The van der Waals surface area contributed by atoms with Crippen LogP contribution in [0, 0.1) is 5.82 Å². The van der Waals surface area contributed by atoms with Gasteiger partial charge in [0.25, 0.3) is 0 Å². The van der Waals surface area contributed by atoms with Crippen LogP contribution in [0.4, 0.5) is 4.39 Å². The van der Waals surface area contributed by atoms with E-state index in [2.05, 4.69) is 0 Å². The van der Waals surface area contributed by atoms with Crippen LogP contribution >= 0.6 is 11.6 Å². The second kappa shape index (κ2) is 4.70. The molecule has 1 heterocycles. The summed E-state index contributed by atoms with van der Waals surface area (Å²) >= 11 is 6.08. The fourth-order valence-electron chi connectivity index (χ4n) is 2.95. The molecule has 0 bridgehead atoms. The summed E-state index contributed by atoms with van der Waals surface area (Å²) in [6, 6.07) is 4.09. The molecule has 1 saturated heterocycles. The van der Waals surface area contributed by atoms with E-state index in [0.717, 1.165) is 0 Å². The summed E-state index contributed by atoms with van der Waals surface area (Å²) in [7, 11) is 0. The summed E-state index contributed by atoms with van der Waals surface area (Å²) in [4.78, 5) is 0. The van der Waals surface area contributed by atoms with Crippen LogP contribution in [0.5, 0.6) is 0 Å². The van der Waals surface area contributed by atoms with Crippen LogP contribution in [0.3, 0.4) is 0 Å². The zero-order valence-corrected chi connectivity index (χ0v) is 11.3. The number of rotatable bonds is 1. The Labute approximate surface area is 116 Å². The van der Waals surface area contributed by atoms with E-state index in [4.69, 9.17) is 21.1 Å². The fourth-order valence-corrected chi connectivity index (χ4v) is 3.25. The van der Waals surface area contributed by atoms with Crippen molar-refractivity contribution in [3.63, 3.8) is 0 Å². The zero-order valence-electron chi connectivity index (χ0n) is 10.5. The van der Waals surface area contributed by atoms with Gasteiger partial charge in [0.1, 0.15) is 5.82 Å². The van der Waals surface area contributed by atoms with Crippen molar-refractivity contribution in [1.29, 1.82) is 0 Å². The van der Waals surface area contributed by atoms with Gasteiger partial charge in [0.2, 0.25) is 0 Å². The van der Waals surface area contributed by atoms with Crippen LogP contribution in [0.25, 0.3) is 0 Å². The Hall–Kier alpha value is -0.680. The molecule has 1 aromatic rings. The average Bonchev–Trinajstić information content (AvgIpc) is 2.85. The van der Waals surface area contributed by atoms with Crippen molar-refractivity contribution in [2.24, 2.45) is 0 Å². The second-order valence-electron chi connectivity index (χ2n) is 5.26. The molecule has 2 fully saturated rings. The number of aliphatic hydroxyl groups is 1. The summed E-state index contributed by atoms with van der Waals surface area (Å²) in [6.45, 7) is 1.19. The third-order valence-corrected chi connectivity index (χ3v) is 4.41. The zero-order chi connectivity index (χ0) is 13.5. The summed E-state index contributed by atoms with van der Waals surface area (Å²) < 4.78 is 24.6. The van der Waals surface area contributed by atoms with Crippen LogP contribution in [-0.2, 0) is 15.1 Å². The maximum atomic E-state index is 13.3. The standard InChI is InChI=1S/C14H16ClFO3/c15-12-2-1-10(16)9-11(12)13(17)3-5-14(6-4-13)18-7-8-19-14/h1-2,9,17H,3-8H2. The molecule has 0 atom stereocenters. The lowest BCUT2D eigenvalue weighted by atomic mass is 9.77. The van der Waals surface area contributed by atoms with Gasteiger partial charge >= 0.3 is 0 Å². The molecule has 3 nitrogen and oxygen atoms in total. The Balaban J connectivity index is 1.83. The highest BCUT2D eigenvalue weighted by Crippen LogP contribution is 2.46. The van der Waals surface area contributed by atoms with Crippen LogP contribution in [0.15, 0.2) is 18.2 Å². The van der Waals surface area contributed by atoms with E-state index in [1.807, 2.05) is 0 Å². The van der Waals surface area contributed by atoms with Gasteiger partial charge in [0.15, 0.2) is 5.79 Å².